The van der Waals surface area contributed by atoms with Gasteiger partial charge in [0.1, 0.15) is 0 Å². The van der Waals surface area contributed by atoms with E-state index < -0.39 is 10.0 Å². The molecular formula is C21H28N2O3S. The van der Waals surface area contributed by atoms with Crippen molar-refractivity contribution in [2.75, 3.05) is 10.6 Å². The first-order chi connectivity index (χ1) is 12.6. The fourth-order valence-electron chi connectivity index (χ4n) is 2.50. The largest absolute Gasteiger partial charge is 0.349 e. The van der Waals surface area contributed by atoms with Gasteiger partial charge in [0.15, 0.2) is 0 Å². The first-order valence-corrected chi connectivity index (χ1v) is 10.9. The summed E-state index contributed by atoms with van der Waals surface area (Å²) in [5.74, 6) is 0.177. The summed E-state index contributed by atoms with van der Waals surface area (Å²) in [6.45, 7) is 8.28. The molecule has 2 aromatic rings. The van der Waals surface area contributed by atoms with Gasteiger partial charge >= 0.3 is 0 Å². The number of nitrogens with zero attached hydrogens (tertiary/aromatic N) is 1. The fourth-order valence-corrected chi connectivity index (χ4v) is 3.38. The Morgan fingerprint density at radius 1 is 1.00 bits per heavy atom. The lowest BCUT2D eigenvalue weighted by atomic mass is 10.1. The summed E-state index contributed by atoms with van der Waals surface area (Å²) < 4.78 is 25.9. The smallest absolute Gasteiger partial charge is 0.251 e. The first kappa shape index (κ1) is 21.0. The molecule has 0 saturated heterocycles. The molecule has 1 amide bonds. The first-order valence-electron chi connectivity index (χ1n) is 9.02. The number of sulfonamides is 1. The molecule has 1 atom stereocenters. The SMILES string of the molecule is Cc1ccc(CN(c2ccc(C(=O)NC(C)C(C)C)cc2)S(C)(=O)=O)cc1. The van der Waals surface area contributed by atoms with Crippen molar-refractivity contribution in [1.82, 2.24) is 5.32 Å². The molecule has 0 saturated carbocycles. The molecule has 27 heavy (non-hydrogen) atoms. The Morgan fingerprint density at radius 3 is 2.04 bits per heavy atom. The van der Waals surface area contributed by atoms with Crippen LogP contribution in [0.4, 0.5) is 5.69 Å². The number of nitrogens with one attached hydrogen (secondary N) is 1. The summed E-state index contributed by atoms with van der Waals surface area (Å²) in [7, 11) is -3.46. The van der Waals surface area contributed by atoms with Gasteiger partial charge in [-0.25, -0.2) is 8.42 Å². The minimum atomic E-state index is -3.46. The molecule has 6 heteroatoms. The van der Waals surface area contributed by atoms with E-state index in [2.05, 4.69) is 5.32 Å². The van der Waals surface area contributed by atoms with Crippen LogP contribution in [0.2, 0.25) is 0 Å². The topological polar surface area (TPSA) is 66.5 Å². The highest BCUT2D eigenvalue weighted by atomic mass is 32.2. The molecule has 0 aliphatic carbocycles. The molecule has 1 N–H and O–H groups in total. The molecule has 5 nitrogen and oxygen atoms in total. The number of carbonyl (C=O) groups excluding carboxylic acids is 1. The molecular weight excluding hydrogens is 360 g/mol. The van der Waals surface area contributed by atoms with Crippen LogP contribution < -0.4 is 9.62 Å². The van der Waals surface area contributed by atoms with Crippen molar-refractivity contribution in [3.8, 4) is 0 Å². The van der Waals surface area contributed by atoms with Gasteiger partial charge in [0.05, 0.1) is 18.5 Å². The quantitative estimate of drug-likeness (QED) is 0.786. The third kappa shape index (κ3) is 5.82. The van der Waals surface area contributed by atoms with E-state index in [0.29, 0.717) is 17.2 Å². The second-order valence-electron chi connectivity index (χ2n) is 7.31. The molecule has 0 bridgehead atoms. The van der Waals surface area contributed by atoms with Crippen LogP contribution in [0.15, 0.2) is 48.5 Å². The molecule has 0 aliphatic rings. The zero-order chi connectivity index (χ0) is 20.2. The normalized spacial score (nSPS) is 12.7. The van der Waals surface area contributed by atoms with Gasteiger partial charge in [0.2, 0.25) is 10.0 Å². The maximum Gasteiger partial charge on any atom is 0.251 e. The third-order valence-corrected chi connectivity index (χ3v) is 5.76. The van der Waals surface area contributed by atoms with Gasteiger partial charge < -0.3 is 5.32 Å². The highest BCUT2D eigenvalue weighted by molar-refractivity contribution is 7.92. The summed E-state index contributed by atoms with van der Waals surface area (Å²) in [5, 5.41) is 2.95. The van der Waals surface area contributed by atoms with E-state index in [1.807, 2.05) is 52.0 Å². The Hall–Kier alpha value is -2.34. The van der Waals surface area contributed by atoms with Gasteiger partial charge in [-0.1, -0.05) is 43.7 Å². The van der Waals surface area contributed by atoms with E-state index in [9.17, 15) is 13.2 Å². The van der Waals surface area contributed by atoms with Crippen molar-refractivity contribution in [2.45, 2.75) is 40.3 Å². The minimum Gasteiger partial charge on any atom is -0.349 e. The van der Waals surface area contributed by atoms with Crippen molar-refractivity contribution >= 4 is 21.6 Å². The molecule has 0 heterocycles. The van der Waals surface area contributed by atoms with E-state index in [4.69, 9.17) is 0 Å². The van der Waals surface area contributed by atoms with E-state index in [0.717, 1.165) is 11.1 Å². The van der Waals surface area contributed by atoms with Crippen LogP contribution in [0, 0.1) is 12.8 Å². The molecule has 146 valence electrons. The Bertz CT molecular complexity index is 873. The number of hydrogen-bond donors (Lipinski definition) is 1. The number of hydrogen-bond acceptors (Lipinski definition) is 3. The van der Waals surface area contributed by atoms with Crippen molar-refractivity contribution in [3.05, 3.63) is 65.2 Å². The number of carbonyl (C=O) groups is 1. The van der Waals surface area contributed by atoms with E-state index in [1.165, 1.54) is 10.6 Å². The summed E-state index contributed by atoms with van der Waals surface area (Å²) in [6, 6.07) is 14.5. The van der Waals surface area contributed by atoms with Gasteiger partial charge in [-0.3, -0.25) is 9.10 Å². The van der Waals surface area contributed by atoms with Crippen LogP contribution in [0.5, 0.6) is 0 Å². The van der Waals surface area contributed by atoms with Crippen LogP contribution in [0.25, 0.3) is 0 Å². The second kappa shape index (κ2) is 8.57. The third-order valence-electron chi connectivity index (χ3n) is 4.62. The highest BCUT2D eigenvalue weighted by Crippen LogP contribution is 2.21. The molecule has 0 spiro atoms. The van der Waals surface area contributed by atoms with Crippen LogP contribution in [-0.2, 0) is 16.6 Å². The van der Waals surface area contributed by atoms with Crippen molar-refractivity contribution in [1.29, 1.82) is 0 Å². The lowest BCUT2D eigenvalue weighted by Crippen LogP contribution is -2.36. The van der Waals surface area contributed by atoms with Gasteiger partial charge in [-0.15, -0.1) is 0 Å². The maximum atomic E-state index is 12.3. The number of benzene rings is 2. The minimum absolute atomic E-state index is 0.0613. The van der Waals surface area contributed by atoms with E-state index in [1.54, 1.807) is 24.3 Å². The zero-order valence-corrected chi connectivity index (χ0v) is 17.4. The lowest BCUT2D eigenvalue weighted by Gasteiger charge is -2.23. The van der Waals surface area contributed by atoms with Crippen molar-refractivity contribution in [2.24, 2.45) is 5.92 Å². The van der Waals surface area contributed by atoms with Crippen LogP contribution >= 0.6 is 0 Å². The van der Waals surface area contributed by atoms with Gasteiger partial charge in [0, 0.05) is 11.6 Å². The Kier molecular flexibility index (Phi) is 6.65. The molecule has 0 fully saturated rings. The number of aryl methyl sites for hydroxylation is 1. The Labute approximate surface area is 162 Å². The van der Waals surface area contributed by atoms with Gasteiger partial charge in [0.25, 0.3) is 5.91 Å². The van der Waals surface area contributed by atoms with Crippen molar-refractivity contribution in [3.63, 3.8) is 0 Å². The van der Waals surface area contributed by atoms with E-state index in [-0.39, 0.29) is 18.5 Å². The lowest BCUT2D eigenvalue weighted by molar-refractivity contribution is 0.0930. The molecule has 0 radical (unpaired) electrons. The summed E-state index contributed by atoms with van der Waals surface area (Å²) >= 11 is 0. The monoisotopic (exact) mass is 388 g/mol. The Morgan fingerprint density at radius 2 is 1.56 bits per heavy atom. The highest BCUT2D eigenvalue weighted by Gasteiger charge is 2.19. The zero-order valence-electron chi connectivity index (χ0n) is 16.6. The van der Waals surface area contributed by atoms with Gasteiger partial charge in [-0.2, -0.15) is 0 Å². The second-order valence-corrected chi connectivity index (χ2v) is 9.22. The van der Waals surface area contributed by atoms with Gasteiger partial charge in [-0.05, 0) is 49.6 Å². The van der Waals surface area contributed by atoms with Crippen LogP contribution in [-0.4, -0.2) is 26.6 Å². The molecule has 2 aromatic carbocycles. The molecule has 0 aromatic heterocycles. The number of amides is 1. The summed E-state index contributed by atoms with van der Waals surface area (Å²) in [4.78, 5) is 12.3. The molecule has 0 aliphatic heterocycles. The summed E-state index contributed by atoms with van der Waals surface area (Å²) in [6.07, 6.45) is 1.19. The van der Waals surface area contributed by atoms with E-state index >= 15 is 0 Å². The average molecular weight is 389 g/mol. The van der Waals surface area contributed by atoms with Crippen molar-refractivity contribution < 1.29 is 13.2 Å². The number of rotatable bonds is 7. The molecule has 1 unspecified atom stereocenters. The maximum absolute atomic E-state index is 12.3. The predicted molar refractivity (Wildman–Crippen MR) is 110 cm³/mol. The predicted octanol–water partition coefficient (Wildman–Crippen LogP) is 3.74. The number of anilines is 1. The van der Waals surface area contributed by atoms with Crippen LogP contribution in [0.3, 0.4) is 0 Å². The average Bonchev–Trinajstić information content (AvgIpc) is 2.60. The van der Waals surface area contributed by atoms with Crippen LogP contribution in [0.1, 0.15) is 42.3 Å². The molecule has 2 rings (SSSR count). The standard InChI is InChI=1S/C21H28N2O3S/c1-15(2)17(4)22-21(24)19-10-12-20(13-11-19)23(27(5,25)26)14-18-8-6-16(3)7-9-18/h6-13,15,17H,14H2,1-5H3,(H,22,24). The summed E-state index contributed by atoms with van der Waals surface area (Å²) in [5.41, 5.74) is 3.07. The Balaban J connectivity index is 2.22. The fraction of sp³-hybridized carbons (Fsp3) is 0.381.